The maximum Gasteiger partial charge on any atom is 0.342 e. The maximum absolute atomic E-state index is 12.2. The highest BCUT2D eigenvalue weighted by Gasteiger charge is 2.16. The second-order valence-corrected chi connectivity index (χ2v) is 6.23. The predicted molar refractivity (Wildman–Crippen MR) is 100 cm³/mol. The summed E-state index contributed by atoms with van der Waals surface area (Å²) < 4.78 is 10.6. The Balaban J connectivity index is 1.61. The Morgan fingerprint density at radius 2 is 1.78 bits per heavy atom. The fourth-order valence-electron chi connectivity index (χ4n) is 2.64. The van der Waals surface area contributed by atoms with E-state index < -0.39 is 12.1 Å². The molecule has 0 aliphatic heterocycles. The van der Waals surface area contributed by atoms with Gasteiger partial charge in [-0.1, -0.05) is 24.3 Å². The first-order valence-electron chi connectivity index (χ1n) is 8.43. The molecule has 0 spiro atoms. The number of phenolic OH excluding ortho intramolecular Hbond substituents is 2. The fraction of sp³-hybridized carbons (Fsp3) is 0.190. The number of para-hydroxylation sites is 1. The number of aliphatic hydroxyl groups excluding tert-OH is 1. The number of rotatable bonds is 6. The second kappa shape index (κ2) is 7.97. The van der Waals surface area contributed by atoms with Gasteiger partial charge in [-0.25, -0.2) is 4.79 Å². The van der Waals surface area contributed by atoms with E-state index in [1.807, 2.05) is 25.1 Å². The molecule has 3 rings (SSSR count). The summed E-state index contributed by atoms with van der Waals surface area (Å²) in [4.78, 5) is 12.2. The van der Waals surface area contributed by atoms with Crippen LogP contribution in [0.2, 0.25) is 0 Å². The number of phenols is 2. The Bertz CT molecular complexity index is 966. The van der Waals surface area contributed by atoms with E-state index >= 15 is 0 Å². The molecule has 0 heterocycles. The van der Waals surface area contributed by atoms with Gasteiger partial charge in [0.25, 0.3) is 0 Å². The molecule has 3 N–H and O–H groups in total. The summed E-state index contributed by atoms with van der Waals surface area (Å²) in [6, 6.07) is 14.9. The molecule has 3 aromatic carbocycles. The third kappa shape index (κ3) is 4.48. The van der Waals surface area contributed by atoms with Gasteiger partial charge in [-0.15, -0.1) is 0 Å². The molecule has 1 atom stereocenters. The first-order valence-corrected chi connectivity index (χ1v) is 8.43. The fourth-order valence-corrected chi connectivity index (χ4v) is 2.64. The highest BCUT2D eigenvalue weighted by atomic mass is 16.5. The molecule has 140 valence electrons. The maximum atomic E-state index is 12.2. The molecule has 6 heteroatoms. The van der Waals surface area contributed by atoms with Gasteiger partial charge in [0, 0.05) is 0 Å². The van der Waals surface area contributed by atoms with Gasteiger partial charge in [-0.3, -0.25) is 0 Å². The van der Waals surface area contributed by atoms with Crippen molar-refractivity contribution in [2.75, 3.05) is 13.2 Å². The second-order valence-electron chi connectivity index (χ2n) is 6.23. The lowest BCUT2D eigenvalue weighted by atomic mass is 10.1. The molecule has 0 saturated carbocycles. The van der Waals surface area contributed by atoms with Gasteiger partial charge in [0.1, 0.15) is 42.1 Å². The van der Waals surface area contributed by atoms with Crippen molar-refractivity contribution in [1.82, 2.24) is 0 Å². The van der Waals surface area contributed by atoms with Crippen molar-refractivity contribution in [3.05, 3.63) is 65.7 Å². The topological polar surface area (TPSA) is 96.2 Å². The van der Waals surface area contributed by atoms with E-state index in [1.54, 1.807) is 12.1 Å². The molecule has 6 nitrogen and oxygen atoms in total. The largest absolute Gasteiger partial charge is 0.508 e. The molecule has 1 unspecified atom stereocenters. The van der Waals surface area contributed by atoms with Crippen LogP contribution in [-0.2, 0) is 4.74 Å². The van der Waals surface area contributed by atoms with Crippen LogP contribution in [0.5, 0.6) is 17.2 Å². The van der Waals surface area contributed by atoms with E-state index in [0.717, 1.165) is 5.56 Å². The molecule has 0 bridgehead atoms. The lowest BCUT2D eigenvalue weighted by Crippen LogP contribution is -2.25. The summed E-state index contributed by atoms with van der Waals surface area (Å²) in [6.45, 7) is 1.58. The molecule has 0 aromatic heterocycles. The van der Waals surface area contributed by atoms with Crippen molar-refractivity contribution < 1.29 is 29.6 Å². The van der Waals surface area contributed by atoms with Gasteiger partial charge in [0.2, 0.25) is 0 Å². The Labute approximate surface area is 156 Å². The average molecular weight is 368 g/mol. The number of benzene rings is 3. The molecule has 0 fully saturated rings. The number of hydrogen-bond acceptors (Lipinski definition) is 6. The highest BCUT2D eigenvalue weighted by molar-refractivity contribution is 5.98. The first-order chi connectivity index (χ1) is 12.9. The minimum absolute atomic E-state index is 0.0320. The van der Waals surface area contributed by atoms with Crippen molar-refractivity contribution in [2.24, 2.45) is 0 Å². The molecular weight excluding hydrogens is 348 g/mol. The van der Waals surface area contributed by atoms with Crippen molar-refractivity contribution >= 4 is 16.7 Å². The Morgan fingerprint density at radius 3 is 2.56 bits per heavy atom. The third-order valence-corrected chi connectivity index (χ3v) is 4.09. The molecule has 0 saturated heterocycles. The van der Waals surface area contributed by atoms with E-state index in [9.17, 15) is 20.1 Å². The van der Waals surface area contributed by atoms with Crippen molar-refractivity contribution in [2.45, 2.75) is 13.0 Å². The van der Waals surface area contributed by atoms with E-state index in [4.69, 9.17) is 9.47 Å². The summed E-state index contributed by atoms with van der Waals surface area (Å²) in [6.07, 6.45) is -1.01. The van der Waals surface area contributed by atoms with E-state index in [-0.39, 0.29) is 30.3 Å². The number of hydrogen-bond donors (Lipinski definition) is 3. The minimum Gasteiger partial charge on any atom is -0.508 e. The Morgan fingerprint density at radius 1 is 1.00 bits per heavy atom. The minimum atomic E-state index is -1.01. The smallest absolute Gasteiger partial charge is 0.342 e. The van der Waals surface area contributed by atoms with E-state index in [0.29, 0.717) is 16.5 Å². The summed E-state index contributed by atoms with van der Waals surface area (Å²) in [7, 11) is 0. The van der Waals surface area contributed by atoms with E-state index in [2.05, 4.69) is 0 Å². The summed E-state index contributed by atoms with van der Waals surface area (Å²) in [5.41, 5.74) is 0.895. The zero-order chi connectivity index (χ0) is 19.4. The zero-order valence-electron chi connectivity index (χ0n) is 14.8. The molecule has 0 radical (unpaired) electrons. The van der Waals surface area contributed by atoms with Crippen LogP contribution in [0.15, 0.2) is 54.6 Å². The summed E-state index contributed by atoms with van der Waals surface area (Å²) in [5.74, 6) is -0.303. The number of aromatic hydroxyl groups is 2. The molecule has 0 aliphatic carbocycles. The van der Waals surface area contributed by atoms with Gasteiger partial charge < -0.3 is 24.8 Å². The average Bonchev–Trinajstić information content (AvgIpc) is 2.65. The molecule has 3 aromatic rings. The van der Waals surface area contributed by atoms with Gasteiger partial charge in [-0.2, -0.15) is 0 Å². The number of ether oxygens (including phenoxy) is 2. The van der Waals surface area contributed by atoms with Crippen molar-refractivity contribution in [3.8, 4) is 17.2 Å². The molecule has 0 aliphatic rings. The quantitative estimate of drug-likeness (QED) is 0.579. The molecule has 27 heavy (non-hydrogen) atoms. The molecule has 0 amide bonds. The van der Waals surface area contributed by atoms with Crippen LogP contribution in [0.3, 0.4) is 0 Å². The van der Waals surface area contributed by atoms with Crippen LogP contribution in [0, 0.1) is 6.92 Å². The summed E-state index contributed by atoms with van der Waals surface area (Å²) in [5, 5.41) is 30.8. The predicted octanol–water partition coefficient (Wildman–Crippen LogP) is 3.16. The number of esters is 1. The van der Waals surface area contributed by atoms with Crippen molar-refractivity contribution in [3.63, 3.8) is 0 Å². The van der Waals surface area contributed by atoms with Gasteiger partial charge in [0.05, 0.1) is 0 Å². The van der Waals surface area contributed by atoms with Crippen LogP contribution in [0.25, 0.3) is 10.8 Å². The van der Waals surface area contributed by atoms with Gasteiger partial charge in [0.15, 0.2) is 0 Å². The number of carbonyl (C=O) groups excluding carboxylic acids is 1. The standard InChI is InChI=1S/C21H20O6/c1-13-4-2-3-5-20(13)26-11-17(23)12-27-21(25)18-9-15-8-16(22)7-6-14(15)10-19(18)24/h2-10,17,22-24H,11-12H2,1H3. The van der Waals surface area contributed by atoms with Gasteiger partial charge >= 0.3 is 5.97 Å². The Kier molecular flexibility index (Phi) is 5.47. The SMILES string of the molecule is Cc1ccccc1OCC(O)COC(=O)c1cc2cc(O)ccc2cc1O. The van der Waals surface area contributed by atoms with Crippen LogP contribution in [0.4, 0.5) is 0 Å². The number of fused-ring (bicyclic) bond motifs is 1. The number of aryl methyl sites for hydroxylation is 1. The van der Waals surface area contributed by atoms with Crippen LogP contribution < -0.4 is 4.74 Å². The van der Waals surface area contributed by atoms with Crippen LogP contribution in [-0.4, -0.2) is 40.6 Å². The van der Waals surface area contributed by atoms with Crippen LogP contribution in [0.1, 0.15) is 15.9 Å². The highest BCUT2D eigenvalue weighted by Crippen LogP contribution is 2.28. The number of aliphatic hydroxyl groups is 1. The normalized spacial score (nSPS) is 11.9. The monoisotopic (exact) mass is 368 g/mol. The Hall–Kier alpha value is -3.25. The van der Waals surface area contributed by atoms with E-state index in [1.165, 1.54) is 24.3 Å². The third-order valence-electron chi connectivity index (χ3n) is 4.09. The lowest BCUT2D eigenvalue weighted by molar-refractivity contribution is 0.0127. The molecular formula is C21H20O6. The first kappa shape index (κ1) is 18.5. The summed E-state index contributed by atoms with van der Waals surface area (Å²) >= 11 is 0. The number of carbonyl (C=O) groups is 1. The van der Waals surface area contributed by atoms with Crippen LogP contribution >= 0.6 is 0 Å². The zero-order valence-corrected chi connectivity index (χ0v) is 14.8. The van der Waals surface area contributed by atoms with Crippen molar-refractivity contribution in [1.29, 1.82) is 0 Å². The van der Waals surface area contributed by atoms with Gasteiger partial charge in [-0.05, 0) is 53.6 Å². The lowest BCUT2D eigenvalue weighted by Gasteiger charge is -2.14.